The van der Waals surface area contributed by atoms with E-state index in [0.29, 0.717) is 6.42 Å². The maximum Gasteiger partial charge on any atom is 0.0540 e. The normalized spacial score (nSPS) is 14.2. The number of aliphatic carboxylic acids is 1. The van der Waals surface area contributed by atoms with Gasteiger partial charge in [0, 0.05) is 5.97 Å². The molecule has 0 saturated carbocycles. The molecule has 0 aliphatic carbocycles. The van der Waals surface area contributed by atoms with Crippen LogP contribution >= 0.6 is 0 Å². The van der Waals surface area contributed by atoms with E-state index in [1.165, 1.54) is 0 Å². The van der Waals surface area contributed by atoms with Gasteiger partial charge in [0.25, 0.3) is 0 Å². The number of unbranched alkanes of at least 4 members (excludes halogenated alkanes) is 6. The average Bonchev–Trinajstić information content (AvgIpc) is 2.36. The summed E-state index contributed by atoms with van der Waals surface area (Å²) in [5.41, 5.74) is 0. The summed E-state index contributed by atoms with van der Waals surface area (Å²) in [6, 6.07) is 0. The van der Waals surface area contributed by atoms with Gasteiger partial charge >= 0.3 is 0 Å². The Morgan fingerprint density at radius 1 is 0.850 bits per heavy atom. The van der Waals surface area contributed by atoms with Gasteiger partial charge in [-0.3, -0.25) is 0 Å². The van der Waals surface area contributed by atoms with Crippen molar-refractivity contribution in [3.63, 3.8) is 0 Å². The molecule has 0 aliphatic rings. The molecule has 0 aromatic heterocycles. The van der Waals surface area contributed by atoms with Crippen LogP contribution in [0.1, 0.15) is 84.0 Å². The molecule has 0 aliphatic heterocycles. The first-order valence-electron chi connectivity index (χ1n) is 8.08. The molecule has 0 aromatic rings. The summed E-state index contributed by atoms with van der Waals surface area (Å²) in [5.74, 6) is -0.962. The fourth-order valence-corrected chi connectivity index (χ4v) is 2.32. The first-order valence-corrected chi connectivity index (χ1v) is 8.08. The lowest BCUT2D eigenvalue weighted by Crippen LogP contribution is -2.21. The molecule has 20 heavy (non-hydrogen) atoms. The van der Waals surface area contributed by atoms with Crippen molar-refractivity contribution in [2.75, 3.05) is 0 Å². The topological polar surface area (TPSA) is 80.6 Å². The monoisotopic (exact) mass is 287 g/mol. The number of rotatable bonds is 14. The molecule has 4 nitrogen and oxygen atoms in total. The van der Waals surface area contributed by atoms with Crippen LogP contribution in [0.15, 0.2) is 0 Å². The zero-order chi connectivity index (χ0) is 15.2. The number of carbonyl (C=O) groups excluding carboxylic acids is 1. The summed E-state index contributed by atoms with van der Waals surface area (Å²) in [7, 11) is 0. The quantitative estimate of drug-likeness (QED) is 0.480. The van der Waals surface area contributed by atoms with Crippen molar-refractivity contribution in [1.82, 2.24) is 0 Å². The lowest BCUT2D eigenvalue weighted by molar-refractivity contribution is -0.305. The maximum atomic E-state index is 10.2. The minimum absolute atomic E-state index is 0.162. The molecular weight excluding hydrogens is 256 g/mol. The zero-order valence-corrected chi connectivity index (χ0v) is 12.9. The van der Waals surface area contributed by atoms with Crippen molar-refractivity contribution in [2.24, 2.45) is 0 Å². The Labute approximate surface area is 123 Å². The molecular formula is C16H31O4-. The number of hydrogen-bond donors (Lipinski definition) is 2. The lowest BCUT2D eigenvalue weighted by Gasteiger charge is -2.10. The number of carboxylic acids is 1. The van der Waals surface area contributed by atoms with Crippen LogP contribution in [0.2, 0.25) is 0 Å². The molecule has 2 N–H and O–H groups in total. The van der Waals surface area contributed by atoms with Gasteiger partial charge in [0.2, 0.25) is 0 Å². The number of hydrogen-bond acceptors (Lipinski definition) is 4. The van der Waals surface area contributed by atoms with Gasteiger partial charge in [-0.1, -0.05) is 44.9 Å². The number of carboxylic acid groups (broad SMARTS) is 1. The highest BCUT2D eigenvalue weighted by Gasteiger charge is 2.04. The summed E-state index contributed by atoms with van der Waals surface area (Å²) in [6.45, 7) is 1.81. The Bertz CT molecular complexity index is 229. The van der Waals surface area contributed by atoms with Crippen molar-refractivity contribution >= 4 is 5.97 Å². The molecule has 0 amide bonds. The van der Waals surface area contributed by atoms with Gasteiger partial charge in [-0.15, -0.1) is 0 Å². The zero-order valence-electron chi connectivity index (χ0n) is 12.9. The second-order valence-corrected chi connectivity index (χ2v) is 5.82. The number of aliphatic hydroxyl groups excluding tert-OH is 2. The minimum atomic E-state index is -0.962. The highest BCUT2D eigenvalue weighted by atomic mass is 16.4. The summed E-state index contributed by atoms with van der Waals surface area (Å²) in [6.07, 6.45) is 10.2. The largest absolute Gasteiger partial charge is 0.550 e. The molecule has 4 heteroatoms. The molecule has 0 heterocycles. The van der Waals surface area contributed by atoms with Gasteiger partial charge < -0.3 is 20.1 Å². The highest BCUT2D eigenvalue weighted by molar-refractivity contribution is 5.63. The fourth-order valence-electron chi connectivity index (χ4n) is 2.32. The standard InChI is InChI=1S/C16H32O4/c1-14(17)10-6-5-8-12-15(18)11-7-3-2-4-9-13-16(19)20/h14-15,17-18H,2-13H2,1H3,(H,19,20)/p-1. The number of aliphatic hydroxyl groups is 2. The molecule has 2 atom stereocenters. The van der Waals surface area contributed by atoms with Crippen molar-refractivity contribution in [3.05, 3.63) is 0 Å². The Hall–Kier alpha value is -0.610. The molecule has 0 fully saturated rings. The van der Waals surface area contributed by atoms with Gasteiger partial charge in [-0.25, -0.2) is 0 Å². The van der Waals surface area contributed by atoms with Crippen LogP contribution < -0.4 is 5.11 Å². The van der Waals surface area contributed by atoms with Crippen molar-refractivity contribution < 1.29 is 20.1 Å². The fraction of sp³-hybridized carbons (Fsp3) is 0.938. The van der Waals surface area contributed by atoms with Crippen molar-refractivity contribution in [2.45, 2.75) is 96.2 Å². The van der Waals surface area contributed by atoms with Crippen LogP contribution in [0.25, 0.3) is 0 Å². The van der Waals surface area contributed by atoms with E-state index in [-0.39, 0.29) is 18.6 Å². The summed E-state index contributed by atoms with van der Waals surface area (Å²) < 4.78 is 0. The predicted octanol–water partition coefficient (Wildman–Crippen LogP) is 2.16. The molecule has 0 radical (unpaired) electrons. The molecule has 0 rings (SSSR count). The number of carbonyl (C=O) groups is 1. The Balaban J connectivity index is 3.20. The van der Waals surface area contributed by atoms with Crippen molar-refractivity contribution in [3.8, 4) is 0 Å². The molecule has 0 aromatic carbocycles. The third kappa shape index (κ3) is 15.4. The van der Waals surface area contributed by atoms with E-state index in [2.05, 4.69) is 0 Å². The van der Waals surface area contributed by atoms with Gasteiger partial charge in [0.15, 0.2) is 0 Å². The lowest BCUT2D eigenvalue weighted by atomic mass is 10.0. The van der Waals surface area contributed by atoms with E-state index in [4.69, 9.17) is 5.11 Å². The van der Waals surface area contributed by atoms with Crippen LogP contribution in [0.4, 0.5) is 0 Å². The molecule has 120 valence electrons. The van der Waals surface area contributed by atoms with Crippen LogP contribution in [0.5, 0.6) is 0 Å². The van der Waals surface area contributed by atoms with Crippen LogP contribution in [-0.4, -0.2) is 28.4 Å². The van der Waals surface area contributed by atoms with Crippen LogP contribution in [-0.2, 0) is 4.79 Å². The second-order valence-electron chi connectivity index (χ2n) is 5.82. The van der Waals surface area contributed by atoms with Gasteiger partial charge in [-0.2, -0.15) is 0 Å². The third-order valence-corrected chi connectivity index (χ3v) is 3.58. The Kier molecular flexibility index (Phi) is 13.0. The average molecular weight is 287 g/mol. The Morgan fingerprint density at radius 2 is 1.30 bits per heavy atom. The second kappa shape index (κ2) is 13.4. The Morgan fingerprint density at radius 3 is 1.85 bits per heavy atom. The minimum Gasteiger partial charge on any atom is -0.550 e. The van der Waals surface area contributed by atoms with Gasteiger partial charge in [0.05, 0.1) is 12.2 Å². The van der Waals surface area contributed by atoms with Crippen LogP contribution in [0.3, 0.4) is 0 Å². The smallest absolute Gasteiger partial charge is 0.0540 e. The van der Waals surface area contributed by atoms with Gasteiger partial charge in [-0.05, 0) is 39.0 Å². The van der Waals surface area contributed by atoms with E-state index in [1.54, 1.807) is 0 Å². The first kappa shape index (κ1) is 19.4. The molecule has 0 saturated heterocycles. The van der Waals surface area contributed by atoms with Crippen molar-refractivity contribution in [1.29, 1.82) is 0 Å². The first-order chi connectivity index (χ1) is 9.52. The molecule has 2 unspecified atom stereocenters. The SMILES string of the molecule is CC(O)CCCCCC(O)CCCCCCCC(=O)[O-]. The third-order valence-electron chi connectivity index (χ3n) is 3.58. The highest BCUT2D eigenvalue weighted by Crippen LogP contribution is 2.13. The van der Waals surface area contributed by atoms with E-state index in [9.17, 15) is 15.0 Å². The van der Waals surface area contributed by atoms with E-state index < -0.39 is 5.97 Å². The summed E-state index contributed by atoms with van der Waals surface area (Å²) in [5, 5.41) is 29.1. The predicted molar refractivity (Wildman–Crippen MR) is 78.1 cm³/mol. The van der Waals surface area contributed by atoms with Gasteiger partial charge in [0.1, 0.15) is 0 Å². The van der Waals surface area contributed by atoms with Crippen LogP contribution in [0, 0.1) is 0 Å². The van der Waals surface area contributed by atoms with E-state index in [0.717, 1.165) is 64.2 Å². The van der Waals surface area contributed by atoms with E-state index >= 15 is 0 Å². The maximum absolute atomic E-state index is 10.2. The molecule has 0 spiro atoms. The molecule has 0 bridgehead atoms. The van der Waals surface area contributed by atoms with E-state index in [1.807, 2.05) is 6.92 Å². The summed E-state index contributed by atoms with van der Waals surface area (Å²) in [4.78, 5) is 10.2. The summed E-state index contributed by atoms with van der Waals surface area (Å²) >= 11 is 0.